The molecule has 1 saturated carbocycles. The van der Waals surface area contributed by atoms with E-state index in [0.717, 1.165) is 12.1 Å². The van der Waals surface area contributed by atoms with Gasteiger partial charge in [-0.2, -0.15) is 0 Å². The molecule has 1 amide bonds. The number of carbonyl (C=O) groups is 1. The largest absolute Gasteiger partial charge is 0.383 e. The highest BCUT2D eigenvalue weighted by atomic mass is 19.1. The standard InChI is InChI=1S/C19H18F3NO2/c1-18(25,15-7-6-14(21)10-16(15)22)11-23-17(24)19(8-9-19)12-2-4-13(20)5-3-12/h2-7,10,25H,8-9,11H2,1H3,(H,23,24). The topological polar surface area (TPSA) is 49.3 Å². The van der Waals surface area contributed by atoms with Crippen molar-refractivity contribution in [2.45, 2.75) is 30.8 Å². The Bertz CT molecular complexity index is 799. The van der Waals surface area contributed by atoms with Crippen molar-refractivity contribution in [1.82, 2.24) is 5.32 Å². The quantitative estimate of drug-likeness (QED) is 0.871. The van der Waals surface area contributed by atoms with Crippen LogP contribution in [0.1, 0.15) is 30.9 Å². The molecule has 1 aliphatic rings. The van der Waals surface area contributed by atoms with Crippen molar-refractivity contribution in [2.24, 2.45) is 0 Å². The molecule has 1 atom stereocenters. The number of carbonyl (C=O) groups excluding carboxylic acids is 1. The molecule has 2 aromatic carbocycles. The van der Waals surface area contributed by atoms with Crippen molar-refractivity contribution in [3.8, 4) is 0 Å². The summed E-state index contributed by atoms with van der Waals surface area (Å²) in [6, 6.07) is 8.63. The van der Waals surface area contributed by atoms with E-state index in [-0.39, 0.29) is 23.8 Å². The van der Waals surface area contributed by atoms with Gasteiger partial charge in [0.15, 0.2) is 0 Å². The van der Waals surface area contributed by atoms with Crippen LogP contribution < -0.4 is 5.32 Å². The van der Waals surface area contributed by atoms with Gasteiger partial charge in [0.1, 0.15) is 23.1 Å². The number of hydrogen-bond acceptors (Lipinski definition) is 2. The Morgan fingerprint density at radius 2 is 1.72 bits per heavy atom. The maximum atomic E-state index is 13.9. The van der Waals surface area contributed by atoms with Crippen molar-refractivity contribution >= 4 is 5.91 Å². The third kappa shape index (κ3) is 3.39. The van der Waals surface area contributed by atoms with Gasteiger partial charge in [0, 0.05) is 11.6 Å². The lowest BCUT2D eigenvalue weighted by molar-refractivity contribution is -0.124. The molecule has 0 heterocycles. The molecule has 0 aliphatic heterocycles. The lowest BCUT2D eigenvalue weighted by Gasteiger charge is -2.26. The van der Waals surface area contributed by atoms with E-state index in [9.17, 15) is 23.1 Å². The minimum absolute atomic E-state index is 0.0965. The Balaban J connectivity index is 1.72. The maximum absolute atomic E-state index is 13.9. The Kier molecular flexibility index (Phi) is 4.33. The number of hydrogen-bond donors (Lipinski definition) is 2. The summed E-state index contributed by atoms with van der Waals surface area (Å²) in [4.78, 5) is 12.6. The van der Waals surface area contributed by atoms with E-state index >= 15 is 0 Å². The van der Waals surface area contributed by atoms with Crippen LogP contribution in [0.4, 0.5) is 13.2 Å². The predicted octanol–water partition coefficient (Wildman–Crippen LogP) is 3.16. The Hall–Kier alpha value is -2.34. The molecule has 25 heavy (non-hydrogen) atoms. The third-order valence-electron chi connectivity index (χ3n) is 4.69. The molecule has 2 aromatic rings. The van der Waals surface area contributed by atoms with Crippen LogP contribution in [-0.2, 0) is 15.8 Å². The first-order chi connectivity index (χ1) is 11.7. The molecule has 1 aliphatic carbocycles. The average Bonchev–Trinajstić information content (AvgIpc) is 3.35. The summed E-state index contributed by atoms with van der Waals surface area (Å²) in [5, 5.41) is 13.1. The summed E-state index contributed by atoms with van der Waals surface area (Å²) in [6.07, 6.45) is 1.25. The lowest BCUT2D eigenvalue weighted by atomic mass is 9.92. The number of amides is 1. The molecule has 6 heteroatoms. The number of nitrogens with one attached hydrogen (secondary N) is 1. The van der Waals surface area contributed by atoms with Crippen LogP contribution >= 0.6 is 0 Å². The molecule has 0 saturated heterocycles. The highest BCUT2D eigenvalue weighted by molar-refractivity contribution is 5.91. The first-order valence-corrected chi connectivity index (χ1v) is 7.97. The molecule has 0 radical (unpaired) electrons. The summed E-state index contributed by atoms with van der Waals surface area (Å²) in [5.74, 6) is -2.30. The molecule has 1 unspecified atom stereocenters. The van der Waals surface area contributed by atoms with E-state index < -0.39 is 22.7 Å². The van der Waals surface area contributed by atoms with Gasteiger partial charge in [-0.3, -0.25) is 4.79 Å². The zero-order chi connectivity index (χ0) is 18.2. The van der Waals surface area contributed by atoms with Gasteiger partial charge in [-0.15, -0.1) is 0 Å². The van der Waals surface area contributed by atoms with Crippen molar-refractivity contribution < 1.29 is 23.1 Å². The lowest BCUT2D eigenvalue weighted by Crippen LogP contribution is -2.43. The molecular weight excluding hydrogens is 331 g/mol. The van der Waals surface area contributed by atoms with Crippen molar-refractivity contribution in [1.29, 1.82) is 0 Å². The van der Waals surface area contributed by atoms with Crippen molar-refractivity contribution in [3.05, 3.63) is 71.0 Å². The van der Waals surface area contributed by atoms with Gasteiger partial charge in [-0.1, -0.05) is 18.2 Å². The fraction of sp³-hybridized carbons (Fsp3) is 0.316. The average molecular weight is 349 g/mol. The van der Waals surface area contributed by atoms with Gasteiger partial charge in [-0.05, 0) is 43.5 Å². The van der Waals surface area contributed by atoms with Crippen LogP contribution in [0.15, 0.2) is 42.5 Å². The van der Waals surface area contributed by atoms with Crippen LogP contribution in [0.5, 0.6) is 0 Å². The zero-order valence-corrected chi connectivity index (χ0v) is 13.7. The van der Waals surface area contributed by atoms with Gasteiger partial charge in [0.2, 0.25) is 5.91 Å². The Labute approximate surface area is 143 Å². The summed E-state index contributed by atoms with van der Waals surface area (Å²) >= 11 is 0. The summed E-state index contributed by atoms with van der Waals surface area (Å²) in [5.41, 5.74) is -1.81. The minimum atomic E-state index is -1.69. The molecule has 132 valence electrons. The van der Waals surface area contributed by atoms with Crippen LogP contribution in [0, 0.1) is 17.5 Å². The molecule has 1 fully saturated rings. The number of rotatable bonds is 5. The second-order valence-corrected chi connectivity index (χ2v) is 6.67. The van der Waals surface area contributed by atoms with Crippen LogP contribution in [-0.4, -0.2) is 17.6 Å². The monoisotopic (exact) mass is 349 g/mol. The number of aliphatic hydroxyl groups is 1. The highest BCUT2D eigenvalue weighted by Crippen LogP contribution is 2.48. The van der Waals surface area contributed by atoms with Gasteiger partial charge in [0.05, 0.1) is 12.0 Å². The van der Waals surface area contributed by atoms with Gasteiger partial charge in [-0.25, -0.2) is 13.2 Å². The first-order valence-electron chi connectivity index (χ1n) is 7.97. The summed E-state index contributed by atoms with van der Waals surface area (Å²) in [6.45, 7) is 1.12. The van der Waals surface area contributed by atoms with Crippen molar-refractivity contribution in [3.63, 3.8) is 0 Å². The molecule has 3 rings (SSSR count). The Morgan fingerprint density at radius 1 is 1.12 bits per heavy atom. The number of benzene rings is 2. The van der Waals surface area contributed by atoms with E-state index in [0.29, 0.717) is 24.5 Å². The molecule has 0 aromatic heterocycles. The van der Waals surface area contributed by atoms with Gasteiger partial charge >= 0.3 is 0 Å². The molecule has 0 spiro atoms. The number of halogens is 3. The predicted molar refractivity (Wildman–Crippen MR) is 86.3 cm³/mol. The van der Waals surface area contributed by atoms with E-state index in [1.54, 1.807) is 12.1 Å². The molecule has 0 bridgehead atoms. The van der Waals surface area contributed by atoms with Crippen LogP contribution in [0.3, 0.4) is 0 Å². The van der Waals surface area contributed by atoms with E-state index in [2.05, 4.69) is 5.32 Å². The molecule has 3 nitrogen and oxygen atoms in total. The van der Waals surface area contributed by atoms with E-state index in [4.69, 9.17) is 0 Å². The highest BCUT2D eigenvalue weighted by Gasteiger charge is 2.51. The summed E-state index contributed by atoms with van der Waals surface area (Å²) < 4.78 is 39.9. The summed E-state index contributed by atoms with van der Waals surface area (Å²) in [7, 11) is 0. The van der Waals surface area contributed by atoms with E-state index in [1.165, 1.54) is 19.1 Å². The first kappa shape index (κ1) is 17.5. The van der Waals surface area contributed by atoms with Crippen molar-refractivity contribution in [2.75, 3.05) is 6.54 Å². The van der Waals surface area contributed by atoms with Gasteiger partial charge < -0.3 is 10.4 Å². The van der Waals surface area contributed by atoms with Crippen LogP contribution in [0.2, 0.25) is 0 Å². The Morgan fingerprint density at radius 3 is 2.28 bits per heavy atom. The normalized spacial score (nSPS) is 17.6. The molecular formula is C19H18F3NO2. The maximum Gasteiger partial charge on any atom is 0.230 e. The minimum Gasteiger partial charge on any atom is -0.383 e. The van der Waals surface area contributed by atoms with Crippen LogP contribution in [0.25, 0.3) is 0 Å². The second-order valence-electron chi connectivity index (χ2n) is 6.67. The fourth-order valence-corrected chi connectivity index (χ4v) is 2.98. The smallest absolute Gasteiger partial charge is 0.230 e. The third-order valence-corrected chi connectivity index (χ3v) is 4.69. The molecule has 2 N–H and O–H groups in total. The van der Waals surface area contributed by atoms with Gasteiger partial charge in [0.25, 0.3) is 0 Å². The fourth-order valence-electron chi connectivity index (χ4n) is 2.98. The second kappa shape index (κ2) is 6.19. The van der Waals surface area contributed by atoms with E-state index in [1.807, 2.05) is 0 Å². The zero-order valence-electron chi connectivity index (χ0n) is 13.7. The SMILES string of the molecule is CC(O)(CNC(=O)C1(c2ccc(F)cc2)CC1)c1ccc(F)cc1F.